The average Bonchev–Trinajstić information content (AvgIpc) is 3.21. The van der Waals surface area contributed by atoms with Gasteiger partial charge in [0.25, 0.3) is 0 Å². The predicted molar refractivity (Wildman–Crippen MR) is 108 cm³/mol. The fraction of sp³-hybridized carbons (Fsp3) is 0.286. The van der Waals surface area contributed by atoms with Crippen LogP contribution >= 0.6 is 0 Å². The summed E-state index contributed by atoms with van der Waals surface area (Å²) in [5.41, 5.74) is 0.779. The zero-order valence-corrected chi connectivity index (χ0v) is 16.4. The molecule has 8 nitrogen and oxygen atoms in total. The van der Waals surface area contributed by atoms with E-state index in [-0.39, 0.29) is 24.2 Å². The number of oxazole rings is 1. The van der Waals surface area contributed by atoms with Crippen LogP contribution in [-0.2, 0) is 16.0 Å². The highest BCUT2D eigenvalue weighted by Crippen LogP contribution is 2.23. The number of rotatable bonds is 8. The third-order valence-corrected chi connectivity index (χ3v) is 4.37. The van der Waals surface area contributed by atoms with Gasteiger partial charge in [-0.05, 0) is 17.9 Å². The molecular formula is C21H23N3O5. The van der Waals surface area contributed by atoms with Gasteiger partial charge in [-0.2, -0.15) is 0 Å². The Morgan fingerprint density at radius 3 is 2.72 bits per heavy atom. The second-order valence-corrected chi connectivity index (χ2v) is 6.34. The van der Waals surface area contributed by atoms with Crippen LogP contribution in [0.15, 0.2) is 53.1 Å². The van der Waals surface area contributed by atoms with E-state index in [1.807, 2.05) is 42.5 Å². The molecule has 0 atom stereocenters. The van der Waals surface area contributed by atoms with Gasteiger partial charge in [-0.25, -0.2) is 14.6 Å². The largest absolute Gasteiger partial charge is 0.464 e. The van der Waals surface area contributed by atoms with E-state index in [0.29, 0.717) is 25.3 Å². The first-order chi connectivity index (χ1) is 14.1. The van der Waals surface area contributed by atoms with Crippen molar-refractivity contribution in [2.75, 3.05) is 32.7 Å². The molecule has 0 fully saturated rings. The van der Waals surface area contributed by atoms with Gasteiger partial charge < -0.3 is 24.1 Å². The molecule has 0 unspecified atom stereocenters. The van der Waals surface area contributed by atoms with Crippen LogP contribution < -0.4 is 5.32 Å². The number of esters is 1. The minimum absolute atomic E-state index is 0.0637. The molecule has 0 aliphatic rings. The van der Waals surface area contributed by atoms with Crippen molar-refractivity contribution in [1.29, 1.82) is 0 Å². The lowest BCUT2D eigenvalue weighted by molar-refractivity contribution is 0.0594. The van der Waals surface area contributed by atoms with Gasteiger partial charge in [0, 0.05) is 25.6 Å². The van der Waals surface area contributed by atoms with Crippen molar-refractivity contribution in [1.82, 2.24) is 9.88 Å². The van der Waals surface area contributed by atoms with Crippen LogP contribution in [0.1, 0.15) is 22.8 Å². The number of fused-ring (bicyclic) bond motifs is 1. The maximum atomic E-state index is 13.0. The lowest BCUT2D eigenvalue weighted by Gasteiger charge is -2.22. The first-order valence-electron chi connectivity index (χ1n) is 9.17. The Hall–Kier alpha value is -3.39. The zero-order valence-electron chi connectivity index (χ0n) is 16.4. The summed E-state index contributed by atoms with van der Waals surface area (Å²) >= 11 is 0. The number of carbonyl (C=O) groups is 2. The fourth-order valence-corrected chi connectivity index (χ4v) is 2.93. The Balaban J connectivity index is 1.77. The van der Waals surface area contributed by atoms with Crippen molar-refractivity contribution in [3.8, 4) is 0 Å². The molecule has 1 heterocycles. The van der Waals surface area contributed by atoms with Crippen molar-refractivity contribution in [2.24, 2.45) is 0 Å². The third-order valence-electron chi connectivity index (χ3n) is 4.37. The number of hydrogen-bond acceptors (Lipinski definition) is 6. The van der Waals surface area contributed by atoms with Gasteiger partial charge in [0.2, 0.25) is 5.89 Å². The zero-order chi connectivity index (χ0) is 20.6. The Morgan fingerprint density at radius 2 is 1.93 bits per heavy atom. The minimum Gasteiger partial charge on any atom is -0.464 e. The van der Waals surface area contributed by atoms with Crippen LogP contribution in [0, 0.1) is 0 Å². The van der Waals surface area contributed by atoms with E-state index in [4.69, 9.17) is 9.15 Å². The second-order valence-electron chi connectivity index (χ2n) is 6.34. The highest BCUT2D eigenvalue weighted by Gasteiger charge is 2.19. The molecule has 1 N–H and O–H groups in total. The van der Waals surface area contributed by atoms with Crippen molar-refractivity contribution in [2.45, 2.75) is 13.0 Å². The number of urea groups is 1. The molecule has 0 radical (unpaired) electrons. The molecule has 8 heteroatoms. The second kappa shape index (κ2) is 9.70. The molecule has 3 rings (SSSR count). The molecule has 0 spiro atoms. The molecular weight excluding hydrogens is 374 g/mol. The summed E-state index contributed by atoms with van der Waals surface area (Å²) in [4.78, 5) is 30.2. The molecule has 152 valence electrons. The molecule has 0 saturated carbocycles. The third kappa shape index (κ3) is 5.11. The quantitative estimate of drug-likeness (QED) is 0.460. The summed E-state index contributed by atoms with van der Waals surface area (Å²) < 4.78 is 15.1. The summed E-state index contributed by atoms with van der Waals surface area (Å²) in [6, 6.07) is 13.3. The number of methoxy groups -OCH3 is 2. The lowest BCUT2D eigenvalue weighted by atomic mass is 10.1. The number of ether oxygens (including phenoxy) is 2. The van der Waals surface area contributed by atoms with Crippen LogP contribution in [0.4, 0.5) is 10.5 Å². The highest BCUT2D eigenvalue weighted by molar-refractivity contribution is 6.01. The number of aromatic nitrogens is 1. The molecule has 0 aliphatic heterocycles. The van der Waals surface area contributed by atoms with E-state index < -0.39 is 5.97 Å². The van der Waals surface area contributed by atoms with Gasteiger partial charge in [0.1, 0.15) is 6.26 Å². The summed E-state index contributed by atoms with van der Waals surface area (Å²) in [5, 5.41) is 4.94. The van der Waals surface area contributed by atoms with Crippen molar-refractivity contribution < 1.29 is 23.5 Å². The van der Waals surface area contributed by atoms with Gasteiger partial charge in [-0.1, -0.05) is 36.4 Å². The molecule has 29 heavy (non-hydrogen) atoms. The first kappa shape index (κ1) is 20.3. The van der Waals surface area contributed by atoms with E-state index in [0.717, 1.165) is 10.8 Å². The van der Waals surface area contributed by atoms with E-state index >= 15 is 0 Å². The molecule has 0 aliphatic carbocycles. The summed E-state index contributed by atoms with van der Waals surface area (Å²) in [6.45, 7) is 1.05. The van der Waals surface area contributed by atoms with E-state index in [9.17, 15) is 9.59 Å². The lowest BCUT2D eigenvalue weighted by Crippen LogP contribution is -2.36. The standard InChI is InChI=1S/C21H23N3O5/c1-27-12-6-11-24(13-19-22-18(14-29-19)20(25)28-2)21(26)23-17-10-5-8-15-7-3-4-9-16(15)17/h3-5,7-10,14H,6,11-13H2,1-2H3,(H,23,26). The SMILES string of the molecule is COCCCN(Cc1nc(C(=O)OC)co1)C(=O)Nc1cccc2ccccc12. The number of nitrogens with one attached hydrogen (secondary N) is 1. The Morgan fingerprint density at radius 1 is 1.14 bits per heavy atom. The normalized spacial score (nSPS) is 10.7. The van der Waals surface area contributed by atoms with Crippen molar-refractivity contribution in [3.63, 3.8) is 0 Å². The van der Waals surface area contributed by atoms with Crippen LogP contribution in [0.3, 0.4) is 0 Å². The number of carbonyl (C=O) groups excluding carboxylic acids is 2. The molecule has 2 amide bonds. The molecule has 0 saturated heterocycles. The van der Waals surface area contributed by atoms with Gasteiger partial charge >= 0.3 is 12.0 Å². The Labute approximate surface area is 168 Å². The summed E-state index contributed by atoms with van der Waals surface area (Å²) in [6.07, 6.45) is 1.86. The minimum atomic E-state index is -0.592. The average molecular weight is 397 g/mol. The van der Waals surface area contributed by atoms with Crippen molar-refractivity contribution >= 4 is 28.5 Å². The number of hydrogen-bond donors (Lipinski definition) is 1. The Kier molecular flexibility index (Phi) is 6.80. The summed E-state index contributed by atoms with van der Waals surface area (Å²) in [7, 11) is 2.88. The molecule has 2 aromatic carbocycles. The van der Waals surface area contributed by atoms with Gasteiger partial charge in [0.05, 0.1) is 19.3 Å². The van der Waals surface area contributed by atoms with Crippen LogP contribution in [0.2, 0.25) is 0 Å². The van der Waals surface area contributed by atoms with Gasteiger partial charge in [-0.3, -0.25) is 0 Å². The van der Waals surface area contributed by atoms with Crippen LogP contribution in [-0.4, -0.2) is 49.3 Å². The fourth-order valence-electron chi connectivity index (χ4n) is 2.93. The maximum Gasteiger partial charge on any atom is 0.360 e. The monoisotopic (exact) mass is 397 g/mol. The van der Waals surface area contributed by atoms with E-state index in [1.165, 1.54) is 13.4 Å². The van der Waals surface area contributed by atoms with Gasteiger partial charge in [-0.15, -0.1) is 0 Å². The van der Waals surface area contributed by atoms with Crippen molar-refractivity contribution in [3.05, 3.63) is 60.3 Å². The summed E-state index contributed by atoms with van der Waals surface area (Å²) in [5.74, 6) is -0.345. The molecule has 1 aromatic heterocycles. The topological polar surface area (TPSA) is 93.9 Å². The van der Waals surface area contributed by atoms with E-state index in [2.05, 4.69) is 15.0 Å². The smallest absolute Gasteiger partial charge is 0.360 e. The maximum absolute atomic E-state index is 13.0. The Bertz CT molecular complexity index is 980. The molecule has 3 aromatic rings. The number of amides is 2. The number of nitrogens with zero attached hydrogens (tertiary/aromatic N) is 2. The highest BCUT2D eigenvalue weighted by atomic mass is 16.5. The predicted octanol–water partition coefficient (Wildman–Crippen LogP) is 3.69. The first-order valence-corrected chi connectivity index (χ1v) is 9.17. The van der Waals surface area contributed by atoms with Gasteiger partial charge in [0.15, 0.2) is 5.69 Å². The number of benzene rings is 2. The van der Waals surface area contributed by atoms with Crippen LogP contribution in [0.5, 0.6) is 0 Å². The number of anilines is 1. The van der Waals surface area contributed by atoms with E-state index in [1.54, 1.807) is 12.0 Å². The van der Waals surface area contributed by atoms with Crippen LogP contribution in [0.25, 0.3) is 10.8 Å². The molecule has 0 bridgehead atoms.